The second-order valence-electron chi connectivity index (χ2n) is 6.98. The van der Waals surface area contributed by atoms with E-state index in [-0.39, 0.29) is 17.9 Å². The fourth-order valence-electron chi connectivity index (χ4n) is 2.78. The highest BCUT2D eigenvalue weighted by molar-refractivity contribution is 5.93. The topological polar surface area (TPSA) is 88.0 Å². The van der Waals surface area contributed by atoms with Crippen LogP contribution in [0.2, 0.25) is 0 Å². The van der Waals surface area contributed by atoms with Crippen molar-refractivity contribution in [3.05, 3.63) is 41.2 Å². The summed E-state index contributed by atoms with van der Waals surface area (Å²) in [5.41, 5.74) is 4.46. The van der Waals surface area contributed by atoms with Crippen molar-refractivity contribution in [1.29, 1.82) is 0 Å². The maximum Gasteiger partial charge on any atom is 0.319 e. The number of anilines is 2. The molecule has 1 aromatic heterocycles. The Kier molecular flexibility index (Phi) is 6.98. The van der Waals surface area contributed by atoms with Crippen molar-refractivity contribution in [1.82, 2.24) is 15.1 Å². The number of carbonyl (C=O) groups excluding carboxylic acids is 2. The Bertz CT molecular complexity index is 813. The van der Waals surface area contributed by atoms with E-state index in [0.717, 1.165) is 29.2 Å². The highest BCUT2D eigenvalue weighted by Crippen LogP contribution is 2.20. The van der Waals surface area contributed by atoms with Crippen molar-refractivity contribution in [3.63, 3.8) is 0 Å². The first-order chi connectivity index (χ1) is 12.8. The third-order valence-electron chi connectivity index (χ3n) is 4.28. The maximum atomic E-state index is 12.1. The van der Waals surface area contributed by atoms with E-state index in [9.17, 15) is 9.59 Å². The lowest BCUT2D eigenvalue weighted by Crippen LogP contribution is -2.33. The van der Waals surface area contributed by atoms with Crippen LogP contribution in [0.4, 0.5) is 16.2 Å². The van der Waals surface area contributed by atoms with Crippen LogP contribution in [0.5, 0.6) is 0 Å². The molecule has 0 saturated heterocycles. The van der Waals surface area contributed by atoms with Crippen molar-refractivity contribution >= 4 is 23.3 Å². The molecule has 2 aromatic rings. The molecule has 146 valence electrons. The van der Waals surface area contributed by atoms with Crippen LogP contribution in [-0.2, 0) is 11.3 Å². The van der Waals surface area contributed by atoms with E-state index in [1.54, 1.807) is 19.1 Å². The zero-order chi connectivity index (χ0) is 20.0. The molecule has 1 unspecified atom stereocenters. The van der Waals surface area contributed by atoms with Gasteiger partial charge < -0.3 is 16.0 Å². The molecule has 3 N–H and O–H groups in total. The van der Waals surface area contributed by atoms with Gasteiger partial charge in [-0.05, 0) is 56.5 Å². The van der Waals surface area contributed by atoms with Crippen LogP contribution in [0, 0.1) is 26.7 Å². The minimum atomic E-state index is -0.250. The predicted molar refractivity (Wildman–Crippen MR) is 108 cm³/mol. The van der Waals surface area contributed by atoms with Crippen LogP contribution >= 0.6 is 0 Å². The molecule has 7 heteroatoms. The molecule has 0 radical (unpaired) electrons. The van der Waals surface area contributed by atoms with Crippen LogP contribution in [0.25, 0.3) is 0 Å². The Morgan fingerprint density at radius 3 is 2.48 bits per heavy atom. The third kappa shape index (κ3) is 6.13. The Balaban J connectivity index is 1.83. The minimum absolute atomic E-state index is 0.0341. The number of carbonyl (C=O) groups is 2. The number of nitrogens with zero attached hydrogens (tertiary/aromatic N) is 2. The van der Waals surface area contributed by atoms with E-state index in [1.807, 2.05) is 37.6 Å². The first-order valence-corrected chi connectivity index (χ1v) is 9.25. The number of nitrogens with one attached hydrogen (secondary N) is 3. The van der Waals surface area contributed by atoms with Gasteiger partial charge in [0, 0.05) is 36.6 Å². The number of benzene rings is 1. The summed E-state index contributed by atoms with van der Waals surface area (Å²) in [4.78, 5) is 23.6. The van der Waals surface area contributed by atoms with Gasteiger partial charge in [-0.15, -0.1) is 0 Å². The Labute approximate surface area is 160 Å². The first-order valence-electron chi connectivity index (χ1n) is 9.25. The van der Waals surface area contributed by atoms with E-state index in [2.05, 4.69) is 28.0 Å². The summed E-state index contributed by atoms with van der Waals surface area (Å²) in [5, 5.41) is 13.0. The second-order valence-corrected chi connectivity index (χ2v) is 6.98. The lowest BCUT2D eigenvalue weighted by Gasteiger charge is -2.15. The van der Waals surface area contributed by atoms with E-state index < -0.39 is 0 Å². The average molecular weight is 371 g/mol. The standard InChI is InChI=1S/C20H29N5O2/c1-6-19(26)23-18-8-7-17(9-14(18)3)22-20(27)21-11-13(2)12-25-16(5)10-15(4)24-25/h7-10,13H,6,11-12H2,1-5H3,(H,23,26)(H2,21,22,27). The highest BCUT2D eigenvalue weighted by atomic mass is 16.2. The first kappa shape index (κ1) is 20.5. The van der Waals surface area contributed by atoms with E-state index in [0.29, 0.717) is 18.7 Å². The summed E-state index contributed by atoms with van der Waals surface area (Å²) in [6.45, 7) is 11.1. The smallest absolute Gasteiger partial charge is 0.319 e. The molecular formula is C20H29N5O2. The number of rotatable bonds is 7. The fourth-order valence-corrected chi connectivity index (χ4v) is 2.78. The number of aryl methyl sites for hydroxylation is 3. The molecule has 7 nitrogen and oxygen atoms in total. The van der Waals surface area contributed by atoms with Gasteiger partial charge in [0.1, 0.15) is 0 Å². The zero-order valence-electron chi connectivity index (χ0n) is 16.7. The van der Waals surface area contributed by atoms with Gasteiger partial charge in [-0.3, -0.25) is 9.48 Å². The quantitative estimate of drug-likeness (QED) is 0.695. The molecule has 27 heavy (non-hydrogen) atoms. The summed E-state index contributed by atoms with van der Waals surface area (Å²) in [7, 11) is 0. The number of hydrogen-bond acceptors (Lipinski definition) is 3. The predicted octanol–water partition coefficient (Wildman–Crippen LogP) is 3.61. The van der Waals surface area contributed by atoms with Gasteiger partial charge in [0.2, 0.25) is 5.91 Å². The molecule has 3 amide bonds. The SMILES string of the molecule is CCC(=O)Nc1ccc(NC(=O)NCC(C)Cn2nc(C)cc2C)cc1C. The highest BCUT2D eigenvalue weighted by Gasteiger charge is 2.10. The molecule has 0 spiro atoms. The molecule has 0 bridgehead atoms. The van der Waals surface area contributed by atoms with Crippen molar-refractivity contribution < 1.29 is 9.59 Å². The van der Waals surface area contributed by atoms with Gasteiger partial charge in [-0.25, -0.2) is 4.79 Å². The molecule has 1 heterocycles. The van der Waals surface area contributed by atoms with E-state index in [4.69, 9.17) is 0 Å². The van der Waals surface area contributed by atoms with Crippen molar-refractivity contribution in [2.24, 2.45) is 5.92 Å². The second kappa shape index (κ2) is 9.21. The molecule has 1 aromatic carbocycles. The van der Waals surface area contributed by atoms with Gasteiger partial charge in [-0.1, -0.05) is 13.8 Å². The number of aromatic nitrogens is 2. The number of hydrogen-bond donors (Lipinski definition) is 3. The Morgan fingerprint density at radius 1 is 1.15 bits per heavy atom. The van der Waals surface area contributed by atoms with Crippen molar-refractivity contribution in [2.45, 2.75) is 47.6 Å². The molecule has 1 atom stereocenters. The molecule has 2 rings (SSSR count). The lowest BCUT2D eigenvalue weighted by molar-refractivity contribution is -0.115. The normalized spacial score (nSPS) is 11.7. The van der Waals surface area contributed by atoms with Crippen molar-refractivity contribution in [3.8, 4) is 0 Å². The lowest BCUT2D eigenvalue weighted by atomic mass is 10.1. The van der Waals surface area contributed by atoms with Crippen LogP contribution in [-0.4, -0.2) is 28.3 Å². The van der Waals surface area contributed by atoms with Gasteiger partial charge in [0.25, 0.3) is 0 Å². The van der Waals surface area contributed by atoms with Gasteiger partial charge >= 0.3 is 6.03 Å². The van der Waals surface area contributed by atoms with E-state index in [1.165, 1.54) is 0 Å². The number of amides is 3. The van der Waals surface area contributed by atoms with Crippen LogP contribution in [0.3, 0.4) is 0 Å². The Hall–Kier alpha value is -2.83. The van der Waals surface area contributed by atoms with Crippen LogP contribution < -0.4 is 16.0 Å². The molecular weight excluding hydrogens is 342 g/mol. The largest absolute Gasteiger partial charge is 0.338 e. The number of urea groups is 1. The summed E-state index contributed by atoms with van der Waals surface area (Å²) in [5.74, 6) is 0.218. The molecule has 0 saturated carbocycles. The third-order valence-corrected chi connectivity index (χ3v) is 4.28. The van der Waals surface area contributed by atoms with Crippen molar-refractivity contribution in [2.75, 3.05) is 17.2 Å². The molecule has 0 fully saturated rings. The van der Waals surface area contributed by atoms with Gasteiger partial charge in [0.05, 0.1) is 5.69 Å². The summed E-state index contributed by atoms with van der Waals surface area (Å²) >= 11 is 0. The summed E-state index contributed by atoms with van der Waals surface area (Å²) in [6, 6.07) is 7.20. The van der Waals surface area contributed by atoms with E-state index >= 15 is 0 Å². The Morgan fingerprint density at radius 2 is 1.89 bits per heavy atom. The molecule has 0 aliphatic rings. The fraction of sp³-hybridized carbons (Fsp3) is 0.450. The minimum Gasteiger partial charge on any atom is -0.338 e. The summed E-state index contributed by atoms with van der Waals surface area (Å²) in [6.07, 6.45) is 0.428. The van der Waals surface area contributed by atoms with Crippen LogP contribution in [0.15, 0.2) is 24.3 Å². The van der Waals surface area contributed by atoms with Gasteiger partial charge in [0.15, 0.2) is 0 Å². The zero-order valence-corrected chi connectivity index (χ0v) is 16.7. The monoisotopic (exact) mass is 371 g/mol. The average Bonchev–Trinajstić information content (AvgIpc) is 2.92. The maximum absolute atomic E-state index is 12.1. The van der Waals surface area contributed by atoms with Gasteiger partial charge in [-0.2, -0.15) is 5.10 Å². The molecule has 0 aliphatic carbocycles. The van der Waals surface area contributed by atoms with Crippen LogP contribution in [0.1, 0.15) is 37.2 Å². The molecule has 0 aliphatic heterocycles. The summed E-state index contributed by atoms with van der Waals surface area (Å²) < 4.78 is 1.96.